The van der Waals surface area contributed by atoms with Crippen molar-refractivity contribution in [2.75, 3.05) is 0 Å². The van der Waals surface area contributed by atoms with Crippen LogP contribution in [-0.4, -0.2) is 4.98 Å². The molecule has 0 atom stereocenters. The molecule has 96 valence electrons. The summed E-state index contributed by atoms with van der Waals surface area (Å²) >= 11 is 1.61. The van der Waals surface area contributed by atoms with E-state index in [4.69, 9.17) is 4.74 Å². The fourth-order valence-corrected chi connectivity index (χ4v) is 2.71. The molecule has 0 amide bonds. The summed E-state index contributed by atoms with van der Waals surface area (Å²) in [6.45, 7) is 2.13. The summed E-state index contributed by atoms with van der Waals surface area (Å²) in [5.74, 6) is 0.450. The van der Waals surface area contributed by atoms with Gasteiger partial charge in [-0.15, -0.1) is 11.3 Å². The van der Waals surface area contributed by atoms with Crippen LogP contribution in [0.3, 0.4) is 0 Å². The number of benzene rings is 2. The van der Waals surface area contributed by atoms with Crippen LogP contribution in [0.15, 0.2) is 42.5 Å². The van der Waals surface area contributed by atoms with Gasteiger partial charge in [0.05, 0.1) is 10.2 Å². The standard InChI is InChI=1S/C15H12FNOS/c1-10-8-11(6-7-12(10)16)18-9-15-17-13-4-2-3-5-14(13)19-15/h2-8H,9H2,1H3. The second-order valence-electron chi connectivity index (χ2n) is 4.27. The number of halogens is 1. The molecule has 2 nitrogen and oxygen atoms in total. The van der Waals surface area contributed by atoms with Gasteiger partial charge in [-0.1, -0.05) is 12.1 Å². The Morgan fingerprint density at radius 1 is 1.21 bits per heavy atom. The number of nitrogens with zero attached hydrogens (tertiary/aromatic N) is 1. The smallest absolute Gasteiger partial charge is 0.140 e. The summed E-state index contributed by atoms with van der Waals surface area (Å²) in [5.41, 5.74) is 1.57. The fraction of sp³-hybridized carbons (Fsp3) is 0.133. The monoisotopic (exact) mass is 273 g/mol. The third-order valence-corrected chi connectivity index (χ3v) is 3.84. The van der Waals surface area contributed by atoms with Gasteiger partial charge in [0, 0.05) is 0 Å². The van der Waals surface area contributed by atoms with E-state index in [-0.39, 0.29) is 5.82 Å². The highest BCUT2D eigenvalue weighted by Gasteiger charge is 2.05. The molecule has 0 spiro atoms. The van der Waals surface area contributed by atoms with Gasteiger partial charge in [0.15, 0.2) is 0 Å². The van der Waals surface area contributed by atoms with Crippen LogP contribution < -0.4 is 4.74 Å². The largest absolute Gasteiger partial charge is 0.486 e. The number of rotatable bonds is 3. The van der Waals surface area contributed by atoms with Crippen molar-refractivity contribution >= 4 is 21.6 Å². The van der Waals surface area contributed by atoms with Crippen LogP contribution in [0.4, 0.5) is 4.39 Å². The highest BCUT2D eigenvalue weighted by molar-refractivity contribution is 7.18. The van der Waals surface area contributed by atoms with Crippen LogP contribution in [0.1, 0.15) is 10.6 Å². The zero-order chi connectivity index (χ0) is 13.2. The minimum Gasteiger partial charge on any atom is -0.486 e. The molecule has 3 aromatic rings. The first-order chi connectivity index (χ1) is 9.22. The zero-order valence-electron chi connectivity index (χ0n) is 10.4. The molecule has 0 aliphatic rings. The maximum Gasteiger partial charge on any atom is 0.140 e. The Hall–Kier alpha value is -1.94. The topological polar surface area (TPSA) is 22.1 Å². The van der Waals surface area contributed by atoms with Crippen molar-refractivity contribution in [1.82, 2.24) is 4.98 Å². The van der Waals surface area contributed by atoms with E-state index < -0.39 is 0 Å². The SMILES string of the molecule is Cc1cc(OCc2nc3ccccc3s2)ccc1F. The number of hydrogen-bond donors (Lipinski definition) is 0. The average Bonchev–Trinajstić information content (AvgIpc) is 2.83. The highest BCUT2D eigenvalue weighted by atomic mass is 32.1. The molecule has 0 radical (unpaired) electrons. The van der Waals surface area contributed by atoms with Gasteiger partial charge in [-0.2, -0.15) is 0 Å². The Morgan fingerprint density at radius 3 is 2.84 bits per heavy atom. The molecule has 0 aliphatic carbocycles. The summed E-state index contributed by atoms with van der Waals surface area (Å²) in [7, 11) is 0. The van der Waals surface area contributed by atoms with E-state index in [0.717, 1.165) is 15.2 Å². The van der Waals surface area contributed by atoms with E-state index in [9.17, 15) is 4.39 Å². The third kappa shape index (κ3) is 2.58. The van der Waals surface area contributed by atoms with Crippen LogP contribution in [0.2, 0.25) is 0 Å². The highest BCUT2D eigenvalue weighted by Crippen LogP contribution is 2.23. The normalized spacial score (nSPS) is 10.8. The molecular formula is C15H12FNOS. The van der Waals surface area contributed by atoms with Crippen molar-refractivity contribution < 1.29 is 9.13 Å². The second-order valence-corrected chi connectivity index (χ2v) is 5.39. The first-order valence-electron chi connectivity index (χ1n) is 5.96. The van der Waals surface area contributed by atoms with Crippen LogP contribution in [0, 0.1) is 12.7 Å². The van der Waals surface area contributed by atoms with E-state index in [1.54, 1.807) is 30.4 Å². The van der Waals surface area contributed by atoms with E-state index in [0.29, 0.717) is 17.9 Å². The lowest BCUT2D eigenvalue weighted by Crippen LogP contribution is -1.95. The van der Waals surface area contributed by atoms with Crippen molar-refractivity contribution in [2.45, 2.75) is 13.5 Å². The molecule has 0 unspecified atom stereocenters. The fourth-order valence-electron chi connectivity index (χ4n) is 1.83. The Kier molecular flexibility index (Phi) is 3.17. The minimum absolute atomic E-state index is 0.215. The number of fused-ring (bicyclic) bond motifs is 1. The number of aromatic nitrogens is 1. The third-order valence-electron chi connectivity index (χ3n) is 2.83. The maximum atomic E-state index is 13.1. The molecule has 1 aromatic heterocycles. The summed E-state index contributed by atoms with van der Waals surface area (Å²) in [6.07, 6.45) is 0. The second kappa shape index (κ2) is 4.97. The molecule has 0 aliphatic heterocycles. The van der Waals surface area contributed by atoms with Gasteiger partial charge in [0.25, 0.3) is 0 Å². The molecule has 1 heterocycles. The summed E-state index contributed by atoms with van der Waals surface area (Å²) in [5, 5.41) is 0.920. The number of thiazole rings is 1. The lowest BCUT2D eigenvalue weighted by molar-refractivity contribution is 0.305. The Balaban J connectivity index is 1.76. The molecule has 3 rings (SSSR count). The predicted molar refractivity (Wildman–Crippen MR) is 75.1 cm³/mol. The minimum atomic E-state index is -0.215. The van der Waals surface area contributed by atoms with Crippen molar-refractivity contribution in [3.05, 3.63) is 58.9 Å². The zero-order valence-corrected chi connectivity index (χ0v) is 11.2. The quantitative estimate of drug-likeness (QED) is 0.709. The summed E-state index contributed by atoms with van der Waals surface area (Å²) < 4.78 is 19.9. The van der Waals surface area contributed by atoms with Gasteiger partial charge in [0.1, 0.15) is 23.2 Å². The van der Waals surface area contributed by atoms with E-state index in [1.165, 1.54) is 6.07 Å². The van der Waals surface area contributed by atoms with Gasteiger partial charge >= 0.3 is 0 Å². The first kappa shape index (κ1) is 12.1. The van der Waals surface area contributed by atoms with E-state index in [1.807, 2.05) is 24.3 Å². The molecular weight excluding hydrogens is 261 g/mol. The van der Waals surface area contributed by atoms with E-state index in [2.05, 4.69) is 4.98 Å². The molecule has 0 fully saturated rings. The van der Waals surface area contributed by atoms with Gasteiger partial charge in [-0.05, 0) is 42.8 Å². The number of ether oxygens (including phenoxy) is 1. The van der Waals surface area contributed by atoms with Gasteiger partial charge in [-0.3, -0.25) is 0 Å². The Morgan fingerprint density at radius 2 is 2.05 bits per heavy atom. The van der Waals surface area contributed by atoms with Gasteiger partial charge in [0.2, 0.25) is 0 Å². The van der Waals surface area contributed by atoms with Crippen molar-refractivity contribution in [2.24, 2.45) is 0 Å². The lowest BCUT2D eigenvalue weighted by atomic mass is 10.2. The summed E-state index contributed by atoms with van der Waals surface area (Å²) in [6, 6.07) is 12.7. The molecule has 0 bridgehead atoms. The van der Waals surface area contributed by atoms with Gasteiger partial charge in [-0.25, -0.2) is 9.37 Å². The maximum absolute atomic E-state index is 13.1. The van der Waals surface area contributed by atoms with Crippen LogP contribution in [0.5, 0.6) is 5.75 Å². The van der Waals surface area contributed by atoms with Crippen molar-refractivity contribution in [3.8, 4) is 5.75 Å². The van der Waals surface area contributed by atoms with Crippen LogP contribution in [-0.2, 0) is 6.61 Å². The molecule has 0 saturated heterocycles. The molecule has 0 N–H and O–H groups in total. The summed E-state index contributed by atoms with van der Waals surface area (Å²) in [4.78, 5) is 4.49. The number of para-hydroxylation sites is 1. The average molecular weight is 273 g/mol. The Labute approximate surface area is 114 Å². The molecule has 4 heteroatoms. The Bertz CT molecular complexity index is 690. The number of hydrogen-bond acceptors (Lipinski definition) is 3. The number of aryl methyl sites for hydroxylation is 1. The van der Waals surface area contributed by atoms with E-state index >= 15 is 0 Å². The predicted octanol–water partition coefficient (Wildman–Crippen LogP) is 4.32. The van der Waals surface area contributed by atoms with Crippen LogP contribution in [0.25, 0.3) is 10.2 Å². The molecule has 0 saturated carbocycles. The molecule has 19 heavy (non-hydrogen) atoms. The van der Waals surface area contributed by atoms with Crippen molar-refractivity contribution in [1.29, 1.82) is 0 Å². The van der Waals surface area contributed by atoms with Gasteiger partial charge < -0.3 is 4.74 Å². The van der Waals surface area contributed by atoms with Crippen LogP contribution >= 0.6 is 11.3 Å². The first-order valence-corrected chi connectivity index (χ1v) is 6.77. The molecule has 2 aromatic carbocycles. The lowest BCUT2D eigenvalue weighted by Gasteiger charge is -2.05. The van der Waals surface area contributed by atoms with Crippen molar-refractivity contribution in [3.63, 3.8) is 0 Å².